The summed E-state index contributed by atoms with van der Waals surface area (Å²) in [6.45, 7) is 8.34. The Balaban J connectivity index is 2.16. The molecule has 0 saturated heterocycles. The average molecular weight is 257 g/mol. The van der Waals surface area contributed by atoms with Crippen LogP contribution in [-0.4, -0.2) is 16.1 Å². The second-order valence-corrected chi connectivity index (χ2v) is 4.99. The molecule has 1 aromatic carbocycles. The quantitative estimate of drug-likeness (QED) is 0.861. The Hall–Kier alpha value is -1.61. The largest absolute Gasteiger partial charge is 0.333 e. The number of hydrogen-bond acceptors (Lipinski definition) is 2. The van der Waals surface area contributed by atoms with Gasteiger partial charge in [-0.15, -0.1) is 0 Å². The minimum atomic E-state index is 0.341. The zero-order valence-corrected chi connectivity index (χ0v) is 12.1. The highest BCUT2D eigenvalue weighted by Crippen LogP contribution is 2.17. The normalized spacial score (nSPS) is 12.6. The Morgan fingerprint density at radius 2 is 1.95 bits per heavy atom. The Bertz CT molecular complexity index is 502. The third kappa shape index (κ3) is 3.44. The first-order valence-corrected chi connectivity index (χ1v) is 6.99. The van der Waals surface area contributed by atoms with E-state index < -0.39 is 0 Å². The third-order valence-electron chi connectivity index (χ3n) is 3.57. The van der Waals surface area contributed by atoms with E-state index in [9.17, 15) is 0 Å². The molecule has 3 nitrogen and oxygen atoms in total. The van der Waals surface area contributed by atoms with Crippen molar-refractivity contribution in [3.8, 4) is 0 Å². The molecular weight excluding hydrogens is 234 g/mol. The molecule has 0 radical (unpaired) electrons. The van der Waals surface area contributed by atoms with Gasteiger partial charge in [-0.25, -0.2) is 4.98 Å². The molecule has 0 fully saturated rings. The highest BCUT2D eigenvalue weighted by atomic mass is 15.1. The van der Waals surface area contributed by atoms with E-state index in [0.29, 0.717) is 6.04 Å². The van der Waals surface area contributed by atoms with Crippen molar-refractivity contribution in [1.29, 1.82) is 0 Å². The van der Waals surface area contributed by atoms with E-state index in [1.807, 2.05) is 6.33 Å². The minimum absolute atomic E-state index is 0.341. The van der Waals surface area contributed by atoms with Crippen molar-refractivity contribution in [2.24, 2.45) is 0 Å². The second-order valence-electron chi connectivity index (χ2n) is 4.99. The van der Waals surface area contributed by atoms with E-state index in [0.717, 1.165) is 25.2 Å². The standard InChI is InChI=1S/C16H23N3/c1-4-10-17-16(15-8-6-5-7-9-15)11-19-12-18-13(2)14(19)3/h5-9,12,16-17H,4,10-11H2,1-3H3. The van der Waals surface area contributed by atoms with Crippen LogP contribution < -0.4 is 5.32 Å². The molecule has 2 aromatic rings. The predicted octanol–water partition coefficient (Wildman–Crippen LogP) is 3.24. The zero-order chi connectivity index (χ0) is 13.7. The maximum absolute atomic E-state index is 4.38. The van der Waals surface area contributed by atoms with Gasteiger partial charge in [-0.2, -0.15) is 0 Å². The van der Waals surface area contributed by atoms with E-state index in [1.54, 1.807) is 0 Å². The van der Waals surface area contributed by atoms with Gasteiger partial charge in [-0.05, 0) is 32.4 Å². The van der Waals surface area contributed by atoms with Crippen LogP contribution in [0.2, 0.25) is 0 Å². The fraction of sp³-hybridized carbons (Fsp3) is 0.438. The van der Waals surface area contributed by atoms with Crippen molar-refractivity contribution in [2.75, 3.05) is 6.54 Å². The van der Waals surface area contributed by atoms with Crippen LogP contribution in [0.15, 0.2) is 36.7 Å². The maximum Gasteiger partial charge on any atom is 0.0952 e. The van der Waals surface area contributed by atoms with Crippen molar-refractivity contribution in [2.45, 2.75) is 39.8 Å². The smallest absolute Gasteiger partial charge is 0.0952 e. The van der Waals surface area contributed by atoms with Gasteiger partial charge in [0.1, 0.15) is 0 Å². The Morgan fingerprint density at radius 1 is 1.21 bits per heavy atom. The molecule has 0 aliphatic rings. The summed E-state index contributed by atoms with van der Waals surface area (Å²) in [6.07, 6.45) is 3.08. The zero-order valence-electron chi connectivity index (χ0n) is 12.1. The first-order chi connectivity index (χ1) is 9.22. The van der Waals surface area contributed by atoms with Crippen LogP contribution in [0.4, 0.5) is 0 Å². The highest BCUT2D eigenvalue weighted by Gasteiger charge is 2.12. The summed E-state index contributed by atoms with van der Waals surface area (Å²) < 4.78 is 2.23. The molecule has 19 heavy (non-hydrogen) atoms. The summed E-state index contributed by atoms with van der Waals surface area (Å²) in [6, 6.07) is 11.0. The molecule has 3 heteroatoms. The van der Waals surface area contributed by atoms with Crippen LogP contribution in [0.5, 0.6) is 0 Å². The van der Waals surface area contributed by atoms with Crippen molar-refractivity contribution in [1.82, 2.24) is 14.9 Å². The molecule has 1 aromatic heterocycles. The number of nitrogens with zero attached hydrogens (tertiary/aromatic N) is 2. The lowest BCUT2D eigenvalue weighted by Crippen LogP contribution is -2.26. The van der Waals surface area contributed by atoms with Gasteiger partial charge in [0.05, 0.1) is 18.1 Å². The molecule has 0 amide bonds. The number of benzene rings is 1. The van der Waals surface area contributed by atoms with Gasteiger partial charge < -0.3 is 9.88 Å². The SMILES string of the molecule is CCCNC(Cn1cnc(C)c1C)c1ccccc1. The molecule has 0 aliphatic heterocycles. The number of rotatable bonds is 6. The minimum Gasteiger partial charge on any atom is -0.333 e. The van der Waals surface area contributed by atoms with Crippen LogP contribution in [0.1, 0.15) is 36.3 Å². The number of imidazole rings is 1. The topological polar surface area (TPSA) is 29.9 Å². The molecule has 102 valence electrons. The number of aromatic nitrogens is 2. The Labute approximate surface area is 115 Å². The lowest BCUT2D eigenvalue weighted by atomic mass is 10.1. The van der Waals surface area contributed by atoms with Crippen molar-refractivity contribution >= 4 is 0 Å². The second kappa shape index (κ2) is 6.53. The number of aryl methyl sites for hydroxylation is 1. The van der Waals surface area contributed by atoms with Crippen molar-refractivity contribution in [3.05, 3.63) is 53.6 Å². The third-order valence-corrected chi connectivity index (χ3v) is 3.57. The van der Waals surface area contributed by atoms with Gasteiger partial charge in [0.2, 0.25) is 0 Å². The maximum atomic E-state index is 4.38. The van der Waals surface area contributed by atoms with E-state index >= 15 is 0 Å². The average Bonchev–Trinajstić information content (AvgIpc) is 2.76. The van der Waals surface area contributed by atoms with Gasteiger partial charge in [-0.1, -0.05) is 37.3 Å². The van der Waals surface area contributed by atoms with Crippen molar-refractivity contribution in [3.63, 3.8) is 0 Å². The van der Waals surface area contributed by atoms with Gasteiger partial charge in [0, 0.05) is 12.2 Å². The summed E-state index contributed by atoms with van der Waals surface area (Å²) in [4.78, 5) is 4.38. The molecule has 1 heterocycles. The number of hydrogen-bond donors (Lipinski definition) is 1. The molecular formula is C16H23N3. The molecule has 1 atom stereocenters. The number of nitrogens with one attached hydrogen (secondary N) is 1. The van der Waals surface area contributed by atoms with Crippen LogP contribution in [0.25, 0.3) is 0 Å². The summed E-state index contributed by atoms with van der Waals surface area (Å²) in [5.41, 5.74) is 3.70. The molecule has 1 unspecified atom stereocenters. The summed E-state index contributed by atoms with van der Waals surface area (Å²) in [5, 5.41) is 3.62. The molecule has 0 saturated carbocycles. The lowest BCUT2D eigenvalue weighted by Gasteiger charge is -2.20. The molecule has 0 aliphatic carbocycles. The summed E-state index contributed by atoms with van der Waals surface area (Å²) in [7, 11) is 0. The van der Waals surface area contributed by atoms with Gasteiger partial charge in [-0.3, -0.25) is 0 Å². The van der Waals surface area contributed by atoms with Gasteiger partial charge in [0.25, 0.3) is 0 Å². The highest BCUT2D eigenvalue weighted by molar-refractivity contribution is 5.19. The van der Waals surface area contributed by atoms with Crippen LogP contribution in [0, 0.1) is 13.8 Å². The fourth-order valence-corrected chi connectivity index (χ4v) is 2.22. The van der Waals surface area contributed by atoms with Crippen LogP contribution >= 0.6 is 0 Å². The monoisotopic (exact) mass is 257 g/mol. The summed E-state index contributed by atoms with van der Waals surface area (Å²) in [5.74, 6) is 0. The Morgan fingerprint density at radius 3 is 2.53 bits per heavy atom. The molecule has 1 N–H and O–H groups in total. The van der Waals surface area contributed by atoms with E-state index in [-0.39, 0.29) is 0 Å². The fourth-order valence-electron chi connectivity index (χ4n) is 2.22. The van der Waals surface area contributed by atoms with Crippen LogP contribution in [0.3, 0.4) is 0 Å². The van der Waals surface area contributed by atoms with E-state index in [4.69, 9.17) is 0 Å². The lowest BCUT2D eigenvalue weighted by molar-refractivity contribution is 0.458. The van der Waals surface area contributed by atoms with Crippen LogP contribution in [-0.2, 0) is 6.54 Å². The molecule has 0 spiro atoms. The van der Waals surface area contributed by atoms with Crippen molar-refractivity contribution < 1.29 is 0 Å². The van der Waals surface area contributed by atoms with E-state index in [2.05, 4.69) is 66.0 Å². The van der Waals surface area contributed by atoms with Gasteiger partial charge in [0.15, 0.2) is 0 Å². The first-order valence-electron chi connectivity index (χ1n) is 6.99. The molecule has 2 rings (SSSR count). The van der Waals surface area contributed by atoms with Gasteiger partial charge >= 0.3 is 0 Å². The summed E-state index contributed by atoms with van der Waals surface area (Å²) >= 11 is 0. The predicted molar refractivity (Wildman–Crippen MR) is 79.2 cm³/mol. The van der Waals surface area contributed by atoms with E-state index in [1.165, 1.54) is 11.3 Å². The first kappa shape index (κ1) is 13.8. The Kier molecular flexibility index (Phi) is 4.74. The molecule has 0 bridgehead atoms.